The van der Waals surface area contributed by atoms with Crippen LogP contribution in [0.1, 0.15) is 49.9 Å². The van der Waals surface area contributed by atoms with E-state index in [1.807, 2.05) is 0 Å². The highest BCUT2D eigenvalue weighted by molar-refractivity contribution is 5.91. The fourth-order valence-electron chi connectivity index (χ4n) is 2.64. The molecule has 162 valence electrons. The van der Waals surface area contributed by atoms with Gasteiger partial charge in [0.25, 0.3) is 0 Å². The SMILES string of the molecule is CCCCOc1ccc(OC(=O)c2ccc(OCCCC)c(OCC3CO3)c2)cc1. The van der Waals surface area contributed by atoms with Gasteiger partial charge in [0.1, 0.15) is 24.2 Å². The first-order valence-corrected chi connectivity index (χ1v) is 10.7. The van der Waals surface area contributed by atoms with E-state index in [1.54, 1.807) is 42.5 Å². The Morgan fingerprint density at radius 3 is 2.23 bits per heavy atom. The van der Waals surface area contributed by atoms with Crippen LogP contribution in [0.3, 0.4) is 0 Å². The van der Waals surface area contributed by atoms with Gasteiger partial charge in [-0.25, -0.2) is 4.79 Å². The van der Waals surface area contributed by atoms with Crippen LogP contribution in [0.2, 0.25) is 0 Å². The van der Waals surface area contributed by atoms with Crippen LogP contribution < -0.4 is 18.9 Å². The van der Waals surface area contributed by atoms with E-state index in [9.17, 15) is 4.79 Å². The van der Waals surface area contributed by atoms with Crippen LogP contribution in [-0.2, 0) is 4.74 Å². The Labute approximate surface area is 178 Å². The van der Waals surface area contributed by atoms with E-state index in [1.165, 1.54) is 0 Å². The predicted octanol–water partition coefficient (Wildman–Crippen LogP) is 5.04. The molecule has 1 fully saturated rings. The lowest BCUT2D eigenvalue weighted by Gasteiger charge is -2.13. The molecule has 0 saturated carbocycles. The highest BCUT2D eigenvalue weighted by atomic mass is 16.6. The number of hydrogen-bond donors (Lipinski definition) is 0. The summed E-state index contributed by atoms with van der Waals surface area (Å²) in [7, 11) is 0. The van der Waals surface area contributed by atoms with Gasteiger partial charge in [-0.05, 0) is 55.3 Å². The van der Waals surface area contributed by atoms with E-state index in [2.05, 4.69) is 13.8 Å². The Hall–Kier alpha value is -2.73. The molecular formula is C24H30O6. The number of rotatable bonds is 13. The Morgan fingerprint density at radius 2 is 1.57 bits per heavy atom. The zero-order chi connectivity index (χ0) is 21.2. The van der Waals surface area contributed by atoms with E-state index in [0.717, 1.165) is 31.4 Å². The van der Waals surface area contributed by atoms with E-state index in [4.69, 9.17) is 23.7 Å². The standard InChI is InChI=1S/C24H30O6/c1-3-5-13-26-19-8-10-20(11-9-19)30-24(25)18-7-12-22(27-14-6-4-2)23(15-18)29-17-21-16-28-21/h7-12,15,21H,3-6,13-14,16-17H2,1-2H3. The second-order valence-electron chi connectivity index (χ2n) is 7.19. The summed E-state index contributed by atoms with van der Waals surface area (Å²) in [5.41, 5.74) is 0.396. The molecule has 2 aromatic rings. The van der Waals surface area contributed by atoms with Crippen molar-refractivity contribution in [3.05, 3.63) is 48.0 Å². The largest absolute Gasteiger partial charge is 0.494 e. The lowest BCUT2D eigenvalue weighted by atomic mass is 10.2. The maximum atomic E-state index is 12.6. The molecule has 3 rings (SSSR count). The van der Waals surface area contributed by atoms with Crippen LogP contribution >= 0.6 is 0 Å². The lowest BCUT2D eigenvalue weighted by Crippen LogP contribution is -2.11. The number of hydrogen-bond acceptors (Lipinski definition) is 6. The first-order chi connectivity index (χ1) is 14.7. The Morgan fingerprint density at radius 1 is 0.900 bits per heavy atom. The van der Waals surface area contributed by atoms with Crippen molar-refractivity contribution >= 4 is 5.97 Å². The number of ether oxygens (including phenoxy) is 5. The van der Waals surface area contributed by atoms with E-state index in [0.29, 0.717) is 49.2 Å². The molecule has 0 amide bonds. The van der Waals surface area contributed by atoms with Crippen molar-refractivity contribution in [2.24, 2.45) is 0 Å². The first kappa shape index (κ1) is 22.0. The molecule has 1 atom stereocenters. The Balaban J connectivity index is 1.62. The minimum absolute atomic E-state index is 0.113. The van der Waals surface area contributed by atoms with Crippen molar-refractivity contribution in [3.8, 4) is 23.0 Å². The van der Waals surface area contributed by atoms with Gasteiger partial charge in [-0.1, -0.05) is 26.7 Å². The van der Waals surface area contributed by atoms with E-state index in [-0.39, 0.29) is 6.10 Å². The zero-order valence-electron chi connectivity index (χ0n) is 17.7. The van der Waals surface area contributed by atoms with Gasteiger partial charge < -0.3 is 23.7 Å². The average molecular weight is 414 g/mol. The van der Waals surface area contributed by atoms with E-state index < -0.39 is 5.97 Å². The fourth-order valence-corrected chi connectivity index (χ4v) is 2.64. The number of esters is 1. The van der Waals surface area contributed by atoms with Gasteiger partial charge in [-0.15, -0.1) is 0 Å². The Kier molecular flexibility index (Phi) is 8.39. The summed E-state index contributed by atoms with van der Waals surface area (Å²) < 4.78 is 28.0. The second kappa shape index (κ2) is 11.5. The van der Waals surface area contributed by atoms with Crippen LogP contribution in [0, 0.1) is 0 Å². The molecule has 0 radical (unpaired) electrons. The molecule has 0 aromatic heterocycles. The molecule has 30 heavy (non-hydrogen) atoms. The molecule has 1 unspecified atom stereocenters. The molecule has 1 aliphatic heterocycles. The Bertz CT molecular complexity index is 798. The quantitative estimate of drug-likeness (QED) is 0.198. The fraction of sp³-hybridized carbons (Fsp3) is 0.458. The molecule has 0 spiro atoms. The van der Waals surface area contributed by atoms with Gasteiger partial charge in [0.15, 0.2) is 11.5 Å². The van der Waals surface area contributed by atoms with Crippen LogP contribution in [0.25, 0.3) is 0 Å². The van der Waals surface area contributed by atoms with Gasteiger partial charge in [0.2, 0.25) is 0 Å². The normalized spacial score (nSPS) is 14.8. The molecule has 1 saturated heterocycles. The number of carbonyl (C=O) groups is 1. The lowest BCUT2D eigenvalue weighted by molar-refractivity contribution is 0.0734. The summed E-state index contributed by atoms with van der Waals surface area (Å²) in [5.74, 6) is 1.90. The number of carbonyl (C=O) groups excluding carboxylic acids is 1. The molecular weight excluding hydrogens is 384 g/mol. The second-order valence-corrected chi connectivity index (χ2v) is 7.19. The maximum absolute atomic E-state index is 12.6. The third-order valence-electron chi connectivity index (χ3n) is 4.56. The molecule has 1 heterocycles. The highest BCUT2D eigenvalue weighted by Crippen LogP contribution is 2.30. The molecule has 0 aliphatic carbocycles. The van der Waals surface area contributed by atoms with Crippen LogP contribution in [0.5, 0.6) is 23.0 Å². The third-order valence-corrected chi connectivity index (χ3v) is 4.56. The van der Waals surface area contributed by atoms with Gasteiger partial charge in [0, 0.05) is 0 Å². The summed E-state index contributed by atoms with van der Waals surface area (Å²) in [5, 5.41) is 0. The smallest absolute Gasteiger partial charge is 0.343 e. The van der Waals surface area contributed by atoms with Crippen LogP contribution in [0.4, 0.5) is 0 Å². The van der Waals surface area contributed by atoms with Crippen molar-refractivity contribution in [1.29, 1.82) is 0 Å². The zero-order valence-corrected chi connectivity index (χ0v) is 17.7. The van der Waals surface area contributed by atoms with Crippen molar-refractivity contribution < 1.29 is 28.5 Å². The van der Waals surface area contributed by atoms with Crippen molar-refractivity contribution in [3.63, 3.8) is 0 Å². The summed E-state index contributed by atoms with van der Waals surface area (Å²) in [6.07, 6.45) is 4.19. The van der Waals surface area contributed by atoms with Crippen molar-refractivity contribution in [2.75, 3.05) is 26.4 Å². The van der Waals surface area contributed by atoms with Crippen molar-refractivity contribution in [2.45, 2.75) is 45.6 Å². The number of epoxide rings is 1. The van der Waals surface area contributed by atoms with Crippen LogP contribution in [-0.4, -0.2) is 38.5 Å². The van der Waals surface area contributed by atoms with Gasteiger partial charge >= 0.3 is 5.97 Å². The summed E-state index contributed by atoms with van der Waals surface area (Å²) in [4.78, 5) is 12.6. The van der Waals surface area contributed by atoms with E-state index >= 15 is 0 Å². The number of unbranched alkanes of at least 4 members (excludes halogenated alkanes) is 2. The molecule has 0 bridgehead atoms. The van der Waals surface area contributed by atoms with Crippen molar-refractivity contribution in [1.82, 2.24) is 0 Å². The highest BCUT2D eigenvalue weighted by Gasteiger charge is 2.24. The maximum Gasteiger partial charge on any atom is 0.343 e. The summed E-state index contributed by atoms with van der Waals surface area (Å²) in [6.45, 7) is 6.63. The minimum Gasteiger partial charge on any atom is -0.494 e. The molecule has 6 nitrogen and oxygen atoms in total. The van der Waals surface area contributed by atoms with Gasteiger partial charge in [0.05, 0.1) is 25.4 Å². The summed E-state index contributed by atoms with van der Waals surface area (Å²) >= 11 is 0. The average Bonchev–Trinajstić information content (AvgIpc) is 3.59. The third kappa shape index (κ3) is 6.95. The first-order valence-electron chi connectivity index (χ1n) is 10.7. The van der Waals surface area contributed by atoms with Crippen LogP contribution in [0.15, 0.2) is 42.5 Å². The predicted molar refractivity (Wildman–Crippen MR) is 114 cm³/mol. The topological polar surface area (TPSA) is 66.5 Å². The molecule has 6 heteroatoms. The number of benzene rings is 2. The van der Waals surface area contributed by atoms with Gasteiger partial charge in [-0.3, -0.25) is 0 Å². The molecule has 1 aliphatic rings. The summed E-state index contributed by atoms with van der Waals surface area (Å²) in [6, 6.07) is 12.1. The molecule has 2 aromatic carbocycles. The van der Waals surface area contributed by atoms with Gasteiger partial charge in [-0.2, -0.15) is 0 Å². The minimum atomic E-state index is -0.456. The molecule has 0 N–H and O–H groups in total. The monoisotopic (exact) mass is 414 g/mol.